The molecule has 1 unspecified atom stereocenters. The summed E-state index contributed by atoms with van der Waals surface area (Å²) >= 11 is 2.07. The van der Waals surface area contributed by atoms with Gasteiger partial charge in [-0.2, -0.15) is 11.8 Å². The molecule has 2 N–H and O–H groups in total. The van der Waals surface area contributed by atoms with E-state index in [0.29, 0.717) is 6.04 Å². The van der Waals surface area contributed by atoms with Gasteiger partial charge in [-0.05, 0) is 55.7 Å². The molecular formula is C18H28N2OS. The number of piperidine rings is 1. The van der Waals surface area contributed by atoms with Crippen molar-refractivity contribution in [3.8, 4) is 0 Å². The largest absolute Gasteiger partial charge is 0.393 e. The van der Waals surface area contributed by atoms with Crippen LogP contribution in [-0.4, -0.2) is 53.8 Å². The number of hydrogen-bond acceptors (Lipinski definition) is 4. The number of rotatable bonds is 5. The van der Waals surface area contributed by atoms with Crippen molar-refractivity contribution in [3.05, 3.63) is 35.4 Å². The Hall–Kier alpha value is -0.550. The molecule has 1 aromatic carbocycles. The molecule has 1 atom stereocenters. The zero-order chi connectivity index (χ0) is 15.2. The molecule has 0 aliphatic carbocycles. The Balaban J connectivity index is 1.43. The molecule has 0 saturated carbocycles. The predicted molar refractivity (Wildman–Crippen MR) is 94.5 cm³/mol. The number of thioether (sulfide) groups is 1. The number of aliphatic hydroxyl groups is 1. The minimum atomic E-state index is -0.0612. The van der Waals surface area contributed by atoms with Crippen LogP contribution in [0.15, 0.2) is 24.3 Å². The van der Waals surface area contributed by atoms with Crippen molar-refractivity contribution in [1.82, 2.24) is 10.2 Å². The van der Waals surface area contributed by atoms with Gasteiger partial charge in [-0.1, -0.05) is 24.3 Å². The van der Waals surface area contributed by atoms with Gasteiger partial charge in [-0.3, -0.25) is 0 Å². The summed E-state index contributed by atoms with van der Waals surface area (Å²) in [4.78, 5) is 2.49. The van der Waals surface area contributed by atoms with Crippen molar-refractivity contribution in [2.24, 2.45) is 0 Å². The van der Waals surface area contributed by atoms with Crippen LogP contribution < -0.4 is 5.32 Å². The number of aliphatic hydroxyl groups excluding tert-OH is 1. The molecule has 22 heavy (non-hydrogen) atoms. The minimum absolute atomic E-state index is 0.0612. The number of fused-ring (bicyclic) bond motifs is 1. The van der Waals surface area contributed by atoms with Crippen LogP contribution >= 0.6 is 11.8 Å². The number of hydrogen-bond donors (Lipinski definition) is 2. The highest BCUT2D eigenvalue weighted by Crippen LogP contribution is 2.27. The SMILES string of the molecule is OC1CCN(CCCNC2CSCCc3ccccc32)CC1. The van der Waals surface area contributed by atoms with E-state index >= 15 is 0 Å². The summed E-state index contributed by atoms with van der Waals surface area (Å²) in [6.07, 6.45) is 4.23. The van der Waals surface area contributed by atoms with E-state index < -0.39 is 0 Å². The van der Waals surface area contributed by atoms with E-state index in [9.17, 15) is 5.11 Å². The fraction of sp³-hybridized carbons (Fsp3) is 0.667. The second-order valence-corrected chi connectivity index (χ2v) is 7.61. The lowest BCUT2D eigenvalue weighted by Crippen LogP contribution is -2.37. The van der Waals surface area contributed by atoms with E-state index in [1.54, 1.807) is 0 Å². The summed E-state index contributed by atoms with van der Waals surface area (Å²) in [7, 11) is 0. The summed E-state index contributed by atoms with van der Waals surface area (Å²) in [5, 5.41) is 13.3. The maximum atomic E-state index is 9.55. The van der Waals surface area contributed by atoms with Crippen molar-refractivity contribution in [1.29, 1.82) is 0 Å². The molecule has 4 heteroatoms. The molecule has 3 rings (SSSR count). The highest BCUT2D eigenvalue weighted by atomic mass is 32.2. The lowest BCUT2D eigenvalue weighted by atomic mass is 9.99. The van der Waals surface area contributed by atoms with Gasteiger partial charge < -0.3 is 15.3 Å². The van der Waals surface area contributed by atoms with Gasteiger partial charge in [0.05, 0.1) is 6.10 Å². The lowest BCUT2D eigenvalue weighted by molar-refractivity contribution is 0.0820. The van der Waals surface area contributed by atoms with Crippen LogP contribution in [-0.2, 0) is 6.42 Å². The van der Waals surface area contributed by atoms with Crippen LogP contribution in [0.3, 0.4) is 0 Å². The highest BCUT2D eigenvalue weighted by molar-refractivity contribution is 7.99. The smallest absolute Gasteiger partial charge is 0.0564 e. The summed E-state index contributed by atoms with van der Waals surface area (Å²) in [5.74, 6) is 2.43. The van der Waals surface area contributed by atoms with Crippen molar-refractivity contribution >= 4 is 11.8 Å². The standard InChI is InChI=1S/C18H28N2OS/c21-16-6-11-20(12-7-16)10-3-9-19-18-14-22-13-8-15-4-1-2-5-17(15)18/h1-2,4-5,16,18-19,21H,3,6-14H2. The molecule has 1 fully saturated rings. The number of nitrogens with one attached hydrogen (secondary N) is 1. The van der Waals surface area contributed by atoms with E-state index in [-0.39, 0.29) is 6.10 Å². The van der Waals surface area contributed by atoms with Crippen molar-refractivity contribution < 1.29 is 5.11 Å². The molecule has 2 aliphatic heterocycles. The van der Waals surface area contributed by atoms with Crippen LogP contribution in [0, 0.1) is 0 Å². The monoisotopic (exact) mass is 320 g/mol. The van der Waals surface area contributed by atoms with Gasteiger partial charge in [0.2, 0.25) is 0 Å². The third-order valence-electron chi connectivity index (χ3n) is 4.83. The van der Waals surface area contributed by atoms with E-state index in [4.69, 9.17) is 0 Å². The third-order valence-corrected chi connectivity index (χ3v) is 5.89. The predicted octanol–water partition coefficient (Wildman–Crippen LogP) is 2.45. The summed E-state index contributed by atoms with van der Waals surface area (Å²) in [6.45, 7) is 4.35. The molecule has 1 saturated heterocycles. The Kier molecular flexibility index (Phi) is 6.19. The van der Waals surface area contributed by atoms with Crippen molar-refractivity contribution in [2.75, 3.05) is 37.7 Å². The fourth-order valence-corrected chi connectivity index (χ4v) is 4.53. The van der Waals surface area contributed by atoms with Crippen LogP contribution in [0.5, 0.6) is 0 Å². The summed E-state index contributed by atoms with van der Waals surface area (Å²) in [5.41, 5.74) is 3.03. The van der Waals surface area contributed by atoms with Gasteiger partial charge in [0, 0.05) is 24.9 Å². The zero-order valence-electron chi connectivity index (χ0n) is 13.3. The van der Waals surface area contributed by atoms with Crippen molar-refractivity contribution in [2.45, 2.75) is 37.8 Å². The Morgan fingerprint density at radius 1 is 1.23 bits per heavy atom. The number of benzene rings is 1. The summed E-state index contributed by atoms with van der Waals surface area (Å²) in [6, 6.07) is 9.42. The quantitative estimate of drug-likeness (QED) is 0.817. The fourth-order valence-electron chi connectivity index (χ4n) is 3.47. The Labute approximate surface area is 138 Å². The molecule has 0 amide bonds. The average Bonchev–Trinajstić information content (AvgIpc) is 2.76. The molecule has 0 spiro atoms. The lowest BCUT2D eigenvalue weighted by Gasteiger charge is -2.29. The first-order valence-electron chi connectivity index (χ1n) is 8.62. The third kappa shape index (κ3) is 4.48. The number of nitrogens with zero attached hydrogens (tertiary/aromatic N) is 1. The zero-order valence-corrected chi connectivity index (χ0v) is 14.2. The topological polar surface area (TPSA) is 35.5 Å². The minimum Gasteiger partial charge on any atom is -0.393 e. The number of likely N-dealkylation sites (tertiary alicyclic amines) is 1. The Morgan fingerprint density at radius 2 is 2.05 bits per heavy atom. The van der Waals surface area contributed by atoms with Gasteiger partial charge in [0.1, 0.15) is 0 Å². The highest BCUT2D eigenvalue weighted by Gasteiger charge is 2.19. The van der Waals surface area contributed by atoms with E-state index in [1.807, 2.05) is 0 Å². The van der Waals surface area contributed by atoms with Gasteiger partial charge in [-0.15, -0.1) is 0 Å². The molecule has 0 bridgehead atoms. The molecule has 1 aromatic rings. The molecular weight excluding hydrogens is 292 g/mol. The number of aryl methyl sites for hydroxylation is 1. The van der Waals surface area contributed by atoms with E-state index in [2.05, 4.69) is 46.2 Å². The Bertz CT molecular complexity index is 460. The molecule has 2 aliphatic rings. The molecule has 3 nitrogen and oxygen atoms in total. The molecule has 122 valence electrons. The molecule has 0 aromatic heterocycles. The van der Waals surface area contributed by atoms with E-state index in [0.717, 1.165) is 39.0 Å². The second-order valence-electron chi connectivity index (χ2n) is 6.46. The maximum absolute atomic E-state index is 9.55. The second kappa shape index (κ2) is 8.34. The van der Waals surface area contributed by atoms with Gasteiger partial charge in [-0.25, -0.2) is 0 Å². The molecule has 0 radical (unpaired) electrons. The van der Waals surface area contributed by atoms with Crippen LogP contribution in [0.4, 0.5) is 0 Å². The Morgan fingerprint density at radius 3 is 2.91 bits per heavy atom. The first-order valence-corrected chi connectivity index (χ1v) is 9.78. The first kappa shape index (κ1) is 16.3. The average molecular weight is 321 g/mol. The van der Waals surface area contributed by atoms with Gasteiger partial charge >= 0.3 is 0 Å². The van der Waals surface area contributed by atoms with Crippen LogP contribution in [0.25, 0.3) is 0 Å². The van der Waals surface area contributed by atoms with Crippen molar-refractivity contribution in [3.63, 3.8) is 0 Å². The van der Waals surface area contributed by atoms with Gasteiger partial charge in [0.25, 0.3) is 0 Å². The van der Waals surface area contributed by atoms with E-state index in [1.165, 1.54) is 35.5 Å². The molecule has 2 heterocycles. The van der Waals surface area contributed by atoms with Crippen LogP contribution in [0.1, 0.15) is 36.4 Å². The maximum Gasteiger partial charge on any atom is 0.0564 e. The first-order chi connectivity index (χ1) is 10.8. The normalized spacial score (nSPS) is 24.0. The summed E-state index contributed by atoms with van der Waals surface area (Å²) < 4.78 is 0. The van der Waals surface area contributed by atoms with Crippen LogP contribution in [0.2, 0.25) is 0 Å². The van der Waals surface area contributed by atoms with Gasteiger partial charge in [0.15, 0.2) is 0 Å².